The van der Waals surface area contributed by atoms with Crippen molar-refractivity contribution in [1.82, 2.24) is 0 Å². The molecule has 5 heteroatoms. The van der Waals surface area contributed by atoms with E-state index < -0.39 is 10.1 Å². The number of thioether (sulfide) groups is 1. The number of benzene rings is 1. The molecule has 1 aromatic rings. The summed E-state index contributed by atoms with van der Waals surface area (Å²) in [6.07, 6.45) is -0.297. The van der Waals surface area contributed by atoms with E-state index in [1.54, 1.807) is 13.8 Å². The summed E-state index contributed by atoms with van der Waals surface area (Å²) < 4.78 is 28.1. The minimum atomic E-state index is -3.42. The Morgan fingerprint density at radius 3 is 2.29 bits per heavy atom. The van der Waals surface area contributed by atoms with Gasteiger partial charge in [-0.2, -0.15) is 8.42 Å². The smallest absolute Gasteiger partial charge is 0.267 e. The average molecular weight is 274 g/mol. The highest BCUT2D eigenvalue weighted by Crippen LogP contribution is 2.24. The van der Waals surface area contributed by atoms with E-state index in [4.69, 9.17) is 4.18 Å². The van der Waals surface area contributed by atoms with Crippen LogP contribution in [0.1, 0.15) is 20.8 Å². The van der Waals surface area contributed by atoms with E-state index in [-0.39, 0.29) is 17.1 Å². The first-order valence-electron chi connectivity index (χ1n) is 5.52. The molecule has 0 spiro atoms. The van der Waals surface area contributed by atoms with Crippen LogP contribution in [-0.2, 0) is 14.3 Å². The first-order chi connectivity index (χ1) is 7.89. The molecule has 0 aliphatic rings. The van der Waals surface area contributed by atoms with Gasteiger partial charge in [0.05, 0.1) is 11.9 Å². The van der Waals surface area contributed by atoms with Crippen molar-refractivity contribution >= 4 is 21.9 Å². The predicted octanol–water partition coefficient (Wildman–Crippen LogP) is 2.92. The van der Waals surface area contributed by atoms with Gasteiger partial charge in [0.2, 0.25) is 0 Å². The van der Waals surface area contributed by atoms with Gasteiger partial charge < -0.3 is 0 Å². The monoisotopic (exact) mass is 274 g/mol. The lowest BCUT2D eigenvalue weighted by molar-refractivity contribution is 0.249. The zero-order valence-electron chi connectivity index (χ0n) is 10.3. The summed E-state index contributed by atoms with van der Waals surface area (Å²) in [7, 11) is -3.42. The molecule has 1 aromatic carbocycles. The summed E-state index contributed by atoms with van der Waals surface area (Å²) in [6.45, 7) is 5.32. The molecule has 17 heavy (non-hydrogen) atoms. The maximum Gasteiger partial charge on any atom is 0.268 e. The quantitative estimate of drug-likeness (QED) is 0.591. The van der Waals surface area contributed by atoms with E-state index in [2.05, 4.69) is 0 Å². The van der Waals surface area contributed by atoms with Gasteiger partial charge >= 0.3 is 0 Å². The van der Waals surface area contributed by atoms with Crippen molar-refractivity contribution in [1.29, 1.82) is 0 Å². The zero-order chi connectivity index (χ0) is 12.9. The summed E-state index contributed by atoms with van der Waals surface area (Å²) in [6, 6.07) is 9.75. The summed E-state index contributed by atoms with van der Waals surface area (Å²) in [5, 5.41) is -0.0267. The molecule has 0 aromatic heterocycles. The number of hydrogen-bond donors (Lipinski definition) is 0. The van der Waals surface area contributed by atoms with E-state index in [0.717, 1.165) is 4.90 Å². The Morgan fingerprint density at radius 1 is 1.18 bits per heavy atom. The molecule has 0 bridgehead atoms. The third-order valence-electron chi connectivity index (χ3n) is 1.86. The molecule has 0 fully saturated rings. The Hall–Kier alpha value is -0.520. The Kier molecular flexibility index (Phi) is 5.49. The fourth-order valence-electron chi connectivity index (χ4n) is 1.39. The van der Waals surface area contributed by atoms with Crippen molar-refractivity contribution < 1.29 is 12.6 Å². The van der Waals surface area contributed by atoms with Crippen LogP contribution in [0.5, 0.6) is 0 Å². The highest BCUT2D eigenvalue weighted by atomic mass is 32.2. The highest BCUT2D eigenvalue weighted by Gasteiger charge is 2.18. The average Bonchev–Trinajstić information content (AvgIpc) is 2.15. The van der Waals surface area contributed by atoms with Crippen molar-refractivity contribution in [3.8, 4) is 0 Å². The summed E-state index contributed by atoms with van der Waals surface area (Å²) in [5.41, 5.74) is 0. The molecule has 1 atom stereocenters. The number of rotatable bonds is 6. The van der Waals surface area contributed by atoms with E-state index >= 15 is 0 Å². The fraction of sp³-hybridized carbons (Fsp3) is 0.500. The molecule has 0 aliphatic carbocycles. The topological polar surface area (TPSA) is 43.4 Å². The van der Waals surface area contributed by atoms with E-state index in [9.17, 15) is 8.42 Å². The first kappa shape index (κ1) is 14.5. The normalized spacial score (nSPS) is 13.9. The van der Waals surface area contributed by atoms with Crippen LogP contribution < -0.4 is 0 Å². The summed E-state index contributed by atoms with van der Waals surface area (Å²) in [5.74, 6) is 0.0325. The molecule has 0 saturated heterocycles. The van der Waals surface area contributed by atoms with Crippen molar-refractivity contribution in [3.05, 3.63) is 30.3 Å². The Labute approximate surface area is 108 Å². The van der Waals surface area contributed by atoms with Gasteiger partial charge in [-0.25, -0.2) is 0 Å². The molecular formula is C12H18O3S2. The Bertz CT molecular complexity index is 426. The molecule has 3 nitrogen and oxygen atoms in total. The SMILES string of the molecule is CC(C)OS(=O)(=O)CC(C)Sc1ccccc1. The lowest BCUT2D eigenvalue weighted by Crippen LogP contribution is -2.21. The predicted molar refractivity (Wildman–Crippen MR) is 71.8 cm³/mol. The summed E-state index contributed by atoms with van der Waals surface area (Å²) >= 11 is 1.54. The van der Waals surface area contributed by atoms with Crippen LogP contribution in [0, 0.1) is 0 Å². The molecular weight excluding hydrogens is 256 g/mol. The Balaban J connectivity index is 2.53. The lowest BCUT2D eigenvalue weighted by atomic mass is 10.4. The minimum absolute atomic E-state index is 0.0267. The summed E-state index contributed by atoms with van der Waals surface area (Å²) in [4.78, 5) is 1.07. The maximum atomic E-state index is 11.6. The van der Waals surface area contributed by atoms with E-state index in [1.165, 1.54) is 11.8 Å². The molecule has 1 rings (SSSR count). The van der Waals surface area contributed by atoms with Crippen LogP contribution >= 0.6 is 11.8 Å². The van der Waals surface area contributed by atoms with Crippen molar-refractivity contribution in [2.45, 2.75) is 37.0 Å². The zero-order valence-corrected chi connectivity index (χ0v) is 11.9. The molecule has 0 aliphatic heterocycles. The van der Waals surface area contributed by atoms with Gasteiger partial charge in [0.1, 0.15) is 0 Å². The van der Waals surface area contributed by atoms with Gasteiger partial charge in [-0.3, -0.25) is 4.18 Å². The van der Waals surface area contributed by atoms with Gasteiger partial charge in [-0.05, 0) is 26.0 Å². The van der Waals surface area contributed by atoms with Crippen molar-refractivity contribution in [2.75, 3.05) is 5.75 Å². The third kappa shape index (κ3) is 6.10. The molecule has 0 heterocycles. The maximum absolute atomic E-state index is 11.6. The fourth-order valence-corrected chi connectivity index (χ4v) is 4.18. The van der Waals surface area contributed by atoms with Gasteiger partial charge in [0, 0.05) is 10.1 Å². The lowest BCUT2D eigenvalue weighted by Gasteiger charge is -2.13. The van der Waals surface area contributed by atoms with E-state index in [1.807, 2.05) is 37.3 Å². The largest absolute Gasteiger partial charge is 0.268 e. The van der Waals surface area contributed by atoms with Gasteiger partial charge in [-0.1, -0.05) is 25.1 Å². The van der Waals surface area contributed by atoms with Crippen LogP contribution in [0.4, 0.5) is 0 Å². The van der Waals surface area contributed by atoms with Crippen LogP contribution in [0.3, 0.4) is 0 Å². The van der Waals surface area contributed by atoms with Gasteiger partial charge in [-0.15, -0.1) is 11.8 Å². The van der Waals surface area contributed by atoms with Crippen LogP contribution in [0.25, 0.3) is 0 Å². The van der Waals surface area contributed by atoms with Gasteiger partial charge in [0.25, 0.3) is 10.1 Å². The standard InChI is InChI=1S/C12H18O3S2/c1-10(2)15-17(13,14)9-11(3)16-12-7-5-4-6-8-12/h4-8,10-11H,9H2,1-3H3. The minimum Gasteiger partial charge on any atom is -0.267 e. The third-order valence-corrected chi connectivity index (χ3v) is 4.77. The molecule has 0 radical (unpaired) electrons. The number of hydrogen-bond acceptors (Lipinski definition) is 4. The Morgan fingerprint density at radius 2 is 1.76 bits per heavy atom. The second kappa shape index (κ2) is 6.42. The van der Waals surface area contributed by atoms with Gasteiger partial charge in [0.15, 0.2) is 0 Å². The first-order valence-corrected chi connectivity index (χ1v) is 7.97. The molecule has 0 N–H and O–H groups in total. The van der Waals surface area contributed by atoms with Crippen LogP contribution in [0.2, 0.25) is 0 Å². The van der Waals surface area contributed by atoms with Crippen molar-refractivity contribution in [2.24, 2.45) is 0 Å². The molecule has 0 saturated carbocycles. The van der Waals surface area contributed by atoms with Crippen LogP contribution in [0.15, 0.2) is 35.2 Å². The van der Waals surface area contributed by atoms with Crippen molar-refractivity contribution in [3.63, 3.8) is 0 Å². The molecule has 96 valence electrons. The highest BCUT2D eigenvalue weighted by molar-refractivity contribution is 8.01. The van der Waals surface area contributed by atoms with Crippen LogP contribution in [-0.4, -0.2) is 25.5 Å². The second-order valence-corrected chi connectivity index (χ2v) is 7.26. The second-order valence-electron chi connectivity index (χ2n) is 4.11. The molecule has 0 amide bonds. The van der Waals surface area contributed by atoms with E-state index in [0.29, 0.717) is 0 Å². The molecule has 1 unspecified atom stereocenters.